The van der Waals surface area contributed by atoms with E-state index in [0.29, 0.717) is 0 Å². The summed E-state index contributed by atoms with van der Waals surface area (Å²) >= 11 is 0. The van der Waals surface area contributed by atoms with Gasteiger partial charge in [0.1, 0.15) is 11.2 Å². The van der Waals surface area contributed by atoms with Gasteiger partial charge in [-0.3, -0.25) is 0 Å². The molecule has 0 fully saturated rings. The van der Waals surface area contributed by atoms with Crippen LogP contribution in [-0.2, 0) is 0 Å². The molecule has 0 atom stereocenters. The smallest absolute Gasteiger partial charge is 0.159 e. The molecule has 0 spiro atoms. The first-order valence-electron chi connectivity index (χ1n) is 24.4. The quantitative estimate of drug-likeness (QED) is 0.142. The Kier molecular flexibility index (Phi) is 9.21. The Bertz CT molecular complexity index is 4120. The van der Waals surface area contributed by atoms with E-state index in [1.54, 1.807) is 0 Å². The molecule has 336 valence electrons. The first-order chi connectivity index (χ1) is 34.9. The highest BCUT2D eigenvalue weighted by atomic mass is 16.3. The highest BCUT2D eigenvalue weighted by Crippen LogP contribution is 2.55. The molecule has 0 aliphatic carbocycles. The van der Waals surface area contributed by atoms with Crippen molar-refractivity contribution in [2.24, 2.45) is 0 Å². The van der Waals surface area contributed by atoms with Gasteiger partial charge in [-0.05, 0) is 107 Å². The van der Waals surface area contributed by atoms with Gasteiger partial charge in [-0.1, -0.05) is 182 Å². The average molecular weight is 911 g/mol. The maximum atomic E-state index is 7.03. The van der Waals surface area contributed by atoms with Crippen LogP contribution in [0.5, 0.6) is 0 Å². The van der Waals surface area contributed by atoms with Crippen molar-refractivity contribution in [2.45, 2.75) is 20.8 Å². The summed E-state index contributed by atoms with van der Waals surface area (Å²) in [7, 11) is 0. The van der Waals surface area contributed by atoms with Crippen LogP contribution >= 0.6 is 0 Å². The van der Waals surface area contributed by atoms with Crippen LogP contribution in [0, 0.1) is 20.8 Å². The molecular weight excluding hydrogens is 865 g/mol. The van der Waals surface area contributed by atoms with E-state index < -0.39 is 0 Å². The van der Waals surface area contributed by atoms with E-state index >= 15 is 0 Å². The number of hydrogen-bond donors (Lipinski definition) is 0. The molecule has 14 rings (SSSR count). The minimum Gasteiger partial charge on any atom is -0.454 e. The molecule has 0 N–H and O–H groups in total. The fourth-order valence-corrected chi connectivity index (χ4v) is 11.4. The van der Waals surface area contributed by atoms with E-state index in [0.717, 1.165) is 122 Å². The molecule has 0 bridgehead atoms. The maximum absolute atomic E-state index is 7.03. The fourth-order valence-electron chi connectivity index (χ4n) is 11.4. The Labute approximate surface area is 411 Å². The van der Waals surface area contributed by atoms with Gasteiger partial charge in [-0.2, -0.15) is 0 Å². The van der Waals surface area contributed by atoms with Crippen LogP contribution in [0.15, 0.2) is 233 Å². The van der Waals surface area contributed by atoms with Crippen molar-refractivity contribution in [1.82, 2.24) is 0 Å². The van der Waals surface area contributed by atoms with Crippen LogP contribution in [0.3, 0.4) is 0 Å². The van der Waals surface area contributed by atoms with Crippen molar-refractivity contribution in [3.63, 3.8) is 0 Å². The third-order valence-corrected chi connectivity index (χ3v) is 14.5. The monoisotopic (exact) mass is 910 g/mol. The second-order valence-corrected chi connectivity index (χ2v) is 19.1. The highest BCUT2D eigenvalue weighted by molar-refractivity contribution is 6.30. The molecule has 0 saturated heterocycles. The summed E-state index contributed by atoms with van der Waals surface area (Å²) in [5.74, 6) is 0. The number of para-hydroxylation sites is 4. The summed E-state index contributed by atoms with van der Waals surface area (Å²) in [5, 5.41) is 11.4. The number of anilines is 6. The maximum Gasteiger partial charge on any atom is 0.159 e. The SMILES string of the molecule is Cc1ccc(-c2ccccc2)c(N(c2cc(N(c3cc(C)ccc3-c3ccccc3)c3cccc4c3oc3ccccc34)c3ccc4cc(C)cc5ccc2c3c54)c2cccc3c2oc2ccccc23)c1. The normalized spacial score (nSPS) is 11.9. The van der Waals surface area contributed by atoms with Crippen molar-refractivity contribution in [3.8, 4) is 22.3 Å². The molecule has 0 unspecified atom stereocenters. The van der Waals surface area contributed by atoms with Gasteiger partial charge in [0.25, 0.3) is 0 Å². The predicted octanol–water partition coefficient (Wildman–Crippen LogP) is 19.6. The number of hydrogen-bond acceptors (Lipinski definition) is 4. The number of rotatable bonds is 8. The number of benzene rings is 12. The van der Waals surface area contributed by atoms with Gasteiger partial charge >= 0.3 is 0 Å². The Morgan fingerprint density at radius 3 is 1.20 bits per heavy atom. The van der Waals surface area contributed by atoms with Crippen LogP contribution in [0.4, 0.5) is 34.1 Å². The van der Waals surface area contributed by atoms with E-state index in [2.05, 4.69) is 255 Å². The number of nitrogens with zero attached hydrogens (tertiary/aromatic N) is 2. The minimum atomic E-state index is 0.825. The van der Waals surface area contributed by atoms with Crippen molar-refractivity contribution < 1.29 is 8.83 Å². The molecule has 0 amide bonds. The van der Waals surface area contributed by atoms with Gasteiger partial charge in [0.2, 0.25) is 0 Å². The standard InChI is InChI=1S/C67H46N2O2/c1-41-28-32-48(44-16-6-4-7-17-44)58(38-41)68(56-24-14-22-52-50-20-10-12-26-62(50)70-66(52)56)60-40-61(55-35-31-47-37-43(3)36-46-30-34-54(60)65(55)64(46)47)69(59-39-42(2)29-33-49(59)45-18-8-5-9-19-45)57-25-15-23-53-51-21-11-13-27-63(51)71-67(53)57/h4-40H,1-3H3. The van der Waals surface area contributed by atoms with E-state index in [1.807, 2.05) is 0 Å². The van der Waals surface area contributed by atoms with Crippen molar-refractivity contribution in [3.05, 3.63) is 241 Å². The number of aryl methyl sites for hydroxylation is 3. The molecule has 0 radical (unpaired) electrons. The van der Waals surface area contributed by atoms with Gasteiger partial charge in [0.15, 0.2) is 11.2 Å². The fraction of sp³-hybridized carbons (Fsp3) is 0.0448. The topological polar surface area (TPSA) is 32.8 Å². The van der Waals surface area contributed by atoms with E-state index in [4.69, 9.17) is 8.83 Å². The second kappa shape index (κ2) is 16.0. The van der Waals surface area contributed by atoms with Gasteiger partial charge in [-0.15, -0.1) is 0 Å². The largest absolute Gasteiger partial charge is 0.454 e. The van der Waals surface area contributed by atoms with Crippen LogP contribution in [0.2, 0.25) is 0 Å². The first-order valence-corrected chi connectivity index (χ1v) is 24.4. The Morgan fingerprint density at radius 1 is 0.282 bits per heavy atom. The van der Waals surface area contributed by atoms with Crippen molar-refractivity contribution in [2.75, 3.05) is 9.80 Å². The first kappa shape index (κ1) is 40.9. The molecule has 4 nitrogen and oxygen atoms in total. The third kappa shape index (κ3) is 6.45. The van der Waals surface area contributed by atoms with Crippen LogP contribution in [-0.4, -0.2) is 0 Å². The highest BCUT2D eigenvalue weighted by Gasteiger charge is 2.30. The number of furan rings is 2. The lowest BCUT2D eigenvalue weighted by atomic mass is 9.89. The summed E-state index contributed by atoms with van der Waals surface area (Å²) in [5.41, 5.74) is 17.4. The van der Waals surface area contributed by atoms with Crippen LogP contribution < -0.4 is 9.80 Å². The molecule has 4 heteroatoms. The zero-order valence-corrected chi connectivity index (χ0v) is 39.6. The summed E-state index contributed by atoms with van der Waals surface area (Å²) < 4.78 is 14.1. The zero-order chi connectivity index (χ0) is 47.3. The molecule has 0 aliphatic heterocycles. The van der Waals surface area contributed by atoms with Crippen molar-refractivity contribution >= 4 is 110 Å². The molecule has 0 aliphatic rings. The molecule has 2 aromatic heterocycles. The minimum absolute atomic E-state index is 0.825. The third-order valence-electron chi connectivity index (χ3n) is 14.5. The lowest BCUT2D eigenvalue weighted by Crippen LogP contribution is -2.16. The predicted molar refractivity (Wildman–Crippen MR) is 299 cm³/mol. The molecule has 14 aromatic rings. The summed E-state index contributed by atoms with van der Waals surface area (Å²) in [6.45, 7) is 6.58. The van der Waals surface area contributed by atoms with E-state index in [9.17, 15) is 0 Å². The summed E-state index contributed by atoms with van der Waals surface area (Å²) in [6, 6.07) is 81.6. The van der Waals surface area contributed by atoms with Gasteiger partial charge in [0.05, 0.1) is 34.1 Å². The molecule has 2 heterocycles. The number of fused-ring (bicyclic) bond motifs is 6. The van der Waals surface area contributed by atoms with Gasteiger partial charge in [0, 0.05) is 48.8 Å². The van der Waals surface area contributed by atoms with Gasteiger partial charge < -0.3 is 18.6 Å². The average Bonchev–Trinajstić information content (AvgIpc) is 3.99. The van der Waals surface area contributed by atoms with Crippen LogP contribution in [0.25, 0.3) is 98.4 Å². The van der Waals surface area contributed by atoms with E-state index in [-0.39, 0.29) is 0 Å². The van der Waals surface area contributed by atoms with Gasteiger partial charge in [-0.25, -0.2) is 0 Å². The molecular formula is C67H46N2O2. The Morgan fingerprint density at radius 2 is 0.718 bits per heavy atom. The molecule has 0 saturated carbocycles. The summed E-state index contributed by atoms with van der Waals surface area (Å²) in [4.78, 5) is 4.96. The zero-order valence-electron chi connectivity index (χ0n) is 39.6. The molecule has 12 aromatic carbocycles. The lowest BCUT2D eigenvalue weighted by molar-refractivity contribution is 0.669. The second-order valence-electron chi connectivity index (χ2n) is 19.1. The van der Waals surface area contributed by atoms with E-state index in [1.165, 1.54) is 27.1 Å². The lowest BCUT2D eigenvalue weighted by Gasteiger charge is -2.34. The Balaban J connectivity index is 1.19. The Hall–Kier alpha value is -9.12. The van der Waals surface area contributed by atoms with Crippen molar-refractivity contribution in [1.29, 1.82) is 0 Å². The van der Waals surface area contributed by atoms with Crippen LogP contribution in [0.1, 0.15) is 16.7 Å². The molecule has 71 heavy (non-hydrogen) atoms. The summed E-state index contributed by atoms with van der Waals surface area (Å²) in [6.07, 6.45) is 0.